The average Bonchev–Trinajstić information content (AvgIpc) is 2.97. The molecule has 2 aliphatic rings. The number of carboxylic acids is 1. The van der Waals surface area contributed by atoms with E-state index in [-0.39, 0.29) is 11.8 Å². The first-order valence-electron chi connectivity index (χ1n) is 7.13. The van der Waals surface area contributed by atoms with Crippen LogP contribution in [0.2, 0.25) is 0 Å². The van der Waals surface area contributed by atoms with E-state index in [1.165, 1.54) is 4.88 Å². The summed E-state index contributed by atoms with van der Waals surface area (Å²) in [5.41, 5.74) is 0. The van der Waals surface area contributed by atoms with Gasteiger partial charge in [0.1, 0.15) is 0 Å². The van der Waals surface area contributed by atoms with Crippen molar-refractivity contribution in [1.82, 2.24) is 4.90 Å². The largest absolute Gasteiger partial charge is 0.481 e. The highest BCUT2D eigenvalue weighted by molar-refractivity contribution is 7.10. The van der Waals surface area contributed by atoms with Crippen LogP contribution >= 0.6 is 11.3 Å². The minimum absolute atomic E-state index is 0.179. The summed E-state index contributed by atoms with van der Waals surface area (Å²) in [5.74, 6) is -0.636. The van der Waals surface area contributed by atoms with E-state index in [1.54, 1.807) is 11.3 Å². The molecule has 104 valence electrons. The number of nitrogens with zero attached hydrogens (tertiary/aromatic N) is 1. The fraction of sp³-hybridized carbons (Fsp3) is 0.667. The Morgan fingerprint density at radius 1 is 1.47 bits per heavy atom. The van der Waals surface area contributed by atoms with Gasteiger partial charge in [0.25, 0.3) is 0 Å². The summed E-state index contributed by atoms with van der Waals surface area (Å²) in [4.78, 5) is 15.5. The highest BCUT2D eigenvalue weighted by atomic mass is 32.1. The van der Waals surface area contributed by atoms with Gasteiger partial charge >= 0.3 is 5.97 Å². The number of thiophene rings is 1. The zero-order valence-corrected chi connectivity index (χ0v) is 12.3. The number of hydrogen-bond donors (Lipinski definition) is 1. The van der Waals surface area contributed by atoms with Crippen LogP contribution in [-0.2, 0) is 4.79 Å². The monoisotopic (exact) mass is 279 g/mol. The minimum atomic E-state index is -0.612. The quantitative estimate of drug-likeness (QED) is 0.924. The van der Waals surface area contributed by atoms with Crippen LogP contribution in [0.25, 0.3) is 0 Å². The molecule has 1 aromatic rings. The third kappa shape index (κ3) is 2.11. The van der Waals surface area contributed by atoms with E-state index in [4.69, 9.17) is 0 Å². The van der Waals surface area contributed by atoms with Gasteiger partial charge in [-0.1, -0.05) is 6.07 Å². The summed E-state index contributed by atoms with van der Waals surface area (Å²) in [6, 6.07) is 5.55. The molecule has 0 aromatic carbocycles. The molecule has 4 atom stereocenters. The Morgan fingerprint density at radius 2 is 2.26 bits per heavy atom. The molecular weight excluding hydrogens is 258 g/mol. The highest BCUT2D eigenvalue weighted by Gasteiger charge is 2.50. The number of fused-ring (bicyclic) bond motifs is 2. The van der Waals surface area contributed by atoms with Crippen molar-refractivity contribution in [2.75, 3.05) is 0 Å². The number of carbonyl (C=O) groups is 1. The predicted octanol–water partition coefficient (Wildman–Crippen LogP) is 3.18. The normalized spacial score (nSPS) is 34.9. The summed E-state index contributed by atoms with van der Waals surface area (Å²) in [6.45, 7) is 4.47. The summed E-state index contributed by atoms with van der Waals surface area (Å²) < 4.78 is 0. The Morgan fingerprint density at radius 3 is 2.84 bits per heavy atom. The Balaban J connectivity index is 1.98. The molecule has 1 aromatic heterocycles. The Kier molecular flexibility index (Phi) is 3.39. The Labute approximate surface area is 118 Å². The topological polar surface area (TPSA) is 40.5 Å². The van der Waals surface area contributed by atoms with E-state index in [2.05, 4.69) is 30.2 Å². The van der Waals surface area contributed by atoms with Gasteiger partial charge < -0.3 is 5.11 Å². The van der Waals surface area contributed by atoms with Crippen LogP contribution in [0.15, 0.2) is 17.5 Å². The van der Waals surface area contributed by atoms with Crippen LogP contribution in [0.5, 0.6) is 0 Å². The van der Waals surface area contributed by atoms with Gasteiger partial charge in [0.2, 0.25) is 0 Å². The molecule has 2 bridgehead atoms. The molecule has 3 rings (SSSR count). The van der Waals surface area contributed by atoms with E-state index >= 15 is 0 Å². The lowest BCUT2D eigenvalue weighted by Crippen LogP contribution is -2.52. The molecule has 4 unspecified atom stereocenters. The van der Waals surface area contributed by atoms with Crippen LogP contribution in [0.1, 0.15) is 43.9 Å². The molecule has 0 amide bonds. The second kappa shape index (κ2) is 4.91. The maximum atomic E-state index is 11.6. The molecule has 3 heterocycles. The number of piperidine rings is 1. The van der Waals surface area contributed by atoms with Crippen molar-refractivity contribution in [3.63, 3.8) is 0 Å². The molecule has 3 nitrogen and oxygen atoms in total. The molecule has 19 heavy (non-hydrogen) atoms. The van der Waals surface area contributed by atoms with Gasteiger partial charge in [-0.2, -0.15) is 0 Å². The molecule has 4 heteroatoms. The molecule has 2 aliphatic heterocycles. The van der Waals surface area contributed by atoms with Gasteiger partial charge in [-0.25, -0.2) is 0 Å². The third-order valence-corrected chi connectivity index (χ3v) is 5.73. The second-order valence-electron chi connectivity index (χ2n) is 6.06. The minimum Gasteiger partial charge on any atom is -0.481 e. The molecule has 0 aliphatic carbocycles. The lowest BCUT2D eigenvalue weighted by molar-refractivity contribution is -0.145. The van der Waals surface area contributed by atoms with Crippen LogP contribution in [-0.4, -0.2) is 34.1 Å². The highest BCUT2D eigenvalue weighted by Crippen LogP contribution is 2.49. The first-order valence-corrected chi connectivity index (χ1v) is 8.01. The van der Waals surface area contributed by atoms with E-state index in [1.807, 2.05) is 6.07 Å². The van der Waals surface area contributed by atoms with Gasteiger partial charge in [0.15, 0.2) is 0 Å². The number of carboxylic acid groups (broad SMARTS) is 1. The smallest absolute Gasteiger partial charge is 0.307 e. The third-order valence-electron chi connectivity index (χ3n) is 4.76. The van der Waals surface area contributed by atoms with Gasteiger partial charge in [-0.3, -0.25) is 9.69 Å². The SMILES string of the molecule is CC(C)N1C2CCC1C(c1cccs1)C(C(=O)O)C2. The first-order chi connectivity index (χ1) is 9.09. The summed E-state index contributed by atoms with van der Waals surface area (Å²) in [6.07, 6.45) is 3.12. The molecule has 0 radical (unpaired) electrons. The molecule has 2 fully saturated rings. The van der Waals surface area contributed by atoms with Crippen LogP contribution in [0, 0.1) is 5.92 Å². The second-order valence-corrected chi connectivity index (χ2v) is 7.04. The van der Waals surface area contributed by atoms with Gasteiger partial charge in [-0.15, -0.1) is 11.3 Å². The van der Waals surface area contributed by atoms with E-state index < -0.39 is 5.97 Å². The van der Waals surface area contributed by atoms with Crippen molar-refractivity contribution in [1.29, 1.82) is 0 Å². The van der Waals surface area contributed by atoms with Crippen LogP contribution in [0.3, 0.4) is 0 Å². The molecule has 2 saturated heterocycles. The van der Waals surface area contributed by atoms with Crippen molar-refractivity contribution in [2.45, 2.75) is 57.2 Å². The number of aliphatic carboxylic acids is 1. The van der Waals surface area contributed by atoms with Crippen molar-refractivity contribution < 1.29 is 9.90 Å². The lowest BCUT2D eigenvalue weighted by Gasteiger charge is -2.45. The van der Waals surface area contributed by atoms with Crippen molar-refractivity contribution in [3.05, 3.63) is 22.4 Å². The summed E-state index contributed by atoms with van der Waals surface area (Å²) >= 11 is 1.71. The number of hydrogen-bond acceptors (Lipinski definition) is 3. The fourth-order valence-corrected chi connectivity index (χ4v) is 5.12. The summed E-state index contributed by atoms with van der Waals surface area (Å²) in [5, 5.41) is 11.6. The number of rotatable bonds is 3. The Bertz CT molecular complexity index is 457. The van der Waals surface area contributed by atoms with Crippen LogP contribution < -0.4 is 0 Å². The Hall–Kier alpha value is -0.870. The maximum Gasteiger partial charge on any atom is 0.307 e. The van der Waals surface area contributed by atoms with Crippen molar-refractivity contribution >= 4 is 17.3 Å². The molecule has 0 saturated carbocycles. The fourth-order valence-electron chi connectivity index (χ4n) is 4.17. The zero-order valence-electron chi connectivity index (χ0n) is 11.5. The van der Waals surface area contributed by atoms with Gasteiger partial charge in [0, 0.05) is 28.9 Å². The first kappa shape index (κ1) is 13.1. The molecule has 0 spiro atoms. The van der Waals surface area contributed by atoms with Crippen molar-refractivity contribution in [3.8, 4) is 0 Å². The average molecular weight is 279 g/mol. The standard InChI is InChI=1S/C15H21NO2S/c1-9(2)16-10-5-6-12(16)14(11(8-10)15(17)18)13-4-3-7-19-13/h3-4,7,9-12,14H,5-6,8H2,1-2H3,(H,17,18). The van der Waals surface area contributed by atoms with Crippen LogP contribution in [0.4, 0.5) is 0 Å². The van der Waals surface area contributed by atoms with E-state index in [0.29, 0.717) is 18.1 Å². The predicted molar refractivity (Wildman–Crippen MR) is 76.6 cm³/mol. The summed E-state index contributed by atoms with van der Waals surface area (Å²) in [7, 11) is 0. The molecular formula is C15H21NO2S. The lowest BCUT2D eigenvalue weighted by atomic mass is 9.78. The van der Waals surface area contributed by atoms with Gasteiger partial charge in [-0.05, 0) is 44.6 Å². The van der Waals surface area contributed by atoms with E-state index in [9.17, 15) is 9.90 Å². The van der Waals surface area contributed by atoms with E-state index in [0.717, 1.165) is 19.3 Å². The van der Waals surface area contributed by atoms with Crippen molar-refractivity contribution in [2.24, 2.45) is 5.92 Å². The van der Waals surface area contributed by atoms with Gasteiger partial charge in [0.05, 0.1) is 5.92 Å². The zero-order chi connectivity index (χ0) is 13.6. The maximum absolute atomic E-state index is 11.6. The molecule has 1 N–H and O–H groups in total.